The molecule has 0 saturated carbocycles. The number of hydrogen-bond acceptors (Lipinski definition) is 2. The van der Waals surface area contributed by atoms with Crippen molar-refractivity contribution >= 4 is 39.9 Å². The molecule has 0 fully saturated rings. The van der Waals surface area contributed by atoms with Crippen LogP contribution in [0, 0.1) is 0 Å². The number of hydrogen-bond donors (Lipinski definition) is 0. The predicted molar refractivity (Wildman–Crippen MR) is 178 cm³/mol. The van der Waals surface area contributed by atoms with Gasteiger partial charge in [0.25, 0.3) is 0 Å². The molecular weight excluding hydrogens is 519 g/mol. The molecule has 0 amide bonds. The Kier molecular flexibility index (Phi) is 9.65. The maximum absolute atomic E-state index is 12.7. The Morgan fingerprint density at radius 3 is 1.93 bits per heavy atom. The number of rotatable bonds is 12. The third-order valence-electron chi connectivity index (χ3n) is 8.05. The van der Waals surface area contributed by atoms with Gasteiger partial charge in [-0.3, -0.25) is 0 Å². The molecule has 3 heteroatoms. The van der Waals surface area contributed by atoms with E-state index in [2.05, 4.69) is 117 Å². The number of ether oxygens (including phenoxy) is 1. The van der Waals surface area contributed by atoms with Crippen LogP contribution in [-0.4, -0.2) is 19.2 Å². The summed E-state index contributed by atoms with van der Waals surface area (Å²) in [6, 6.07) is 43.1. The van der Waals surface area contributed by atoms with Crippen LogP contribution in [0.15, 0.2) is 121 Å². The molecule has 0 heterocycles. The summed E-state index contributed by atoms with van der Waals surface area (Å²) in [6.45, 7) is 5.14. The van der Waals surface area contributed by atoms with Gasteiger partial charge in [-0.1, -0.05) is 112 Å². The van der Waals surface area contributed by atoms with Gasteiger partial charge in [0, 0.05) is 5.56 Å². The lowest BCUT2D eigenvalue weighted by Crippen LogP contribution is -2.31. The summed E-state index contributed by atoms with van der Waals surface area (Å²) >= 11 is 0. The molecule has 208 valence electrons. The highest BCUT2D eigenvalue weighted by molar-refractivity contribution is 7.95. The quantitative estimate of drug-likeness (QED) is 0.0866. The van der Waals surface area contributed by atoms with Gasteiger partial charge in [0.05, 0.1) is 18.8 Å². The molecule has 0 aromatic heterocycles. The summed E-state index contributed by atoms with van der Waals surface area (Å²) in [4.78, 5) is 12.7. The third kappa shape index (κ3) is 6.61. The molecule has 5 aromatic rings. The van der Waals surface area contributed by atoms with Gasteiger partial charge in [-0.15, -0.1) is 0 Å². The normalized spacial score (nSPS) is 11.5. The minimum Gasteiger partial charge on any atom is -0.462 e. The zero-order valence-corrected chi connectivity index (χ0v) is 25.2. The summed E-state index contributed by atoms with van der Waals surface area (Å²) < 4.78 is 5.58. The van der Waals surface area contributed by atoms with Gasteiger partial charge in [-0.2, -0.15) is 0 Å². The maximum atomic E-state index is 12.7. The fourth-order valence-electron chi connectivity index (χ4n) is 5.66. The summed E-state index contributed by atoms with van der Waals surface area (Å²) in [5, 5.41) is 6.26. The van der Waals surface area contributed by atoms with Gasteiger partial charge >= 0.3 is 5.97 Å². The molecule has 0 aliphatic heterocycles. The van der Waals surface area contributed by atoms with E-state index in [1.807, 2.05) is 18.2 Å². The fraction of sp³-hybridized carbons (Fsp3) is 0.237. The van der Waals surface area contributed by atoms with Crippen LogP contribution in [0.2, 0.25) is 0 Å². The number of benzene rings is 5. The first-order valence-electron chi connectivity index (χ1n) is 14.9. The predicted octanol–water partition coefficient (Wildman–Crippen LogP) is 8.95. The lowest BCUT2D eigenvalue weighted by atomic mass is 10.00. The van der Waals surface area contributed by atoms with Gasteiger partial charge in [-0.25, -0.2) is 4.79 Å². The molecule has 0 aliphatic rings. The molecule has 2 nitrogen and oxygen atoms in total. The first kappa shape index (κ1) is 28.8. The molecule has 0 radical (unpaired) electrons. The van der Waals surface area contributed by atoms with Gasteiger partial charge in [0.15, 0.2) is 0 Å². The number of fused-ring (bicyclic) bond motifs is 1. The van der Waals surface area contributed by atoms with Crippen molar-refractivity contribution in [3.8, 4) is 11.1 Å². The SMILES string of the molecule is CCCCCCCCOC(=O)c1ccc2cc(-c3ccccc3[P+](C)(c3ccccc3)c3ccccc3)ccc2c1. The molecule has 0 unspecified atom stereocenters. The average Bonchev–Trinajstić information content (AvgIpc) is 3.04. The monoisotopic (exact) mass is 559 g/mol. The Balaban J connectivity index is 1.42. The van der Waals surface area contributed by atoms with Crippen molar-refractivity contribution in [2.45, 2.75) is 45.4 Å². The lowest BCUT2D eigenvalue weighted by Gasteiger charge is -2.25. The van der Waals surface area contributed by atoms with Crippen molar-refractivity contribution in [3.63, 3.8) is 0 Å². The second kappa shape index (κ2) is 13.7. The van der Waals surface area contributed by atoms with Crippen LogP contribution in [0.1, 0.15) is 55.8 Å². The Hall–Kier alpha value is -3.74. The number of carbonyl (C=O) groups is 1. The van der Waals surface area contributed by atoms with Crippen molar-refractivity contribution in [1.29, 1.82) is 0 Å². The van der Waals surface area contributed by atoms with Crippen molar-refractivity contribution in [3.05, 3.63) is 127 Å². The van der Waals surface area contributed by atoms with E-state index in [-0.39, 0.29) is 5.97 Å². The minimum absolute atomic E-state index is 0.235. The van der Waals surface area contributed by atoms with Crippen molar-refractivity contribution in [2.75, 3.05) is 13.3 Å². The molecule has 0 bridgehead atoms. The molecule has 0 spiro atoms. The van der Waals surface area contributed by atoms with Crippen LogP contribution in [0.3, 0.4) is 0 Å². The second-order valence-electron chi connectivity index (χ2n) is 10.9. The van der Waals surface area contributed by atoms with E-state index in [4.69, 9.17) is 4.74 Å². The van der Waals surface area contributed by atoms with E-state index in [0.717, 1.165) is 23.6 Å². The largest absolute Gasteiger partial charge is 0.462 e. The molecular formula is C38H40O2P+. The molecule has 0 N–H and O–H groups in total. The summed E-state index contributed by atoms with van der Waals surface area (Å²) in [6.07, 6.45) is 7.05. The van der Waals surface area contributed by atoms with Crippen molar-refractivity contribution in [2.24, 2.45) is 0 Å². The van der Waals surface area contributed by atoms with Crippen LogP contribution in [0.25, 0.3) is 21.9 Å². The van der Waals surface area contributed by atoms with E-state index >= 15 is 0 Å². The Labute approximate surface area is 245 Å². The topological polar surface area (TPSA) is 26.3 Å². The van der Waals surface area contributed by atoms with Crippen molar-refractivity contribution < 1.29 is 9.53 Å². The first-order chi connectivity index (χ1) is 20.1. The molecule has 41 heavy (non-hydrogen) atoms. The molecule has 0 atom stereocenters. The summed E-state index contributed by atoms with van der Waals surface area (Å²) in [7, 11) is -1.89. The third-order valence-corrected chi connectivity index (χ3v) is 12.1. The Morgan fingerprint density at radius 1 is 0.634 bits per heavy atom. The zero-order chi connectivity index (χ0) is 28.5. The molecule has 0 aliphatic carbocycles. The van der Waals surface area contributed by atoms with E-state index in [1.54, 1.807) is 0 Å². The van der Waals surface area contributed by atoms with Crippen molar-refractivity contribution in [1.82, 2.24) is 0 Å². The highest BCUT2D eigenvalue weighted by Crippen LogP contribution is 2.53. The average molecular weight is 560 g/mol. The summed E-state index contributed by atoms with van der Waals surface area (Å²) in [5.41, 5.74) is 3.05. The minimum atomic E-state index is -1.89. The first-order valence-corrected chi connectivity index (χ1v) is 17.1. The van der Waals surface area contributed by atoms with Gasteiger partial charge < -0.3 is 4.74 Å². The van der Waals surface area contributed by atoms with E-state index in [9.17, 15) is 4.79 Å². The van der Waals surface area contributed by atoms with Crippen LogP contribution in [0.4, 0.5) is 0 Å². The number of carbonyl (C=O) groups excluding carboxylic acids is 1. The fourth-order valence-corrected chi connectivity index (χ4v) is 9.12. The van der Waals surface area contributed by atoms with E-state index in [1.165, 1.54) is 52.7 Å². The molecule has 5 aromatic carbocycles. The maximum Gasteiger partial charge on any atom is 0.338 e. The Bertz CT molecular complexity index is 1540. The van der Waals surface area contributed by atoms with E-state index in [0.29, 0.717) is 12.2 Å². The lowest BCUT2D eigenvalue weighted by molar-refractivity contribution is 0.0498. The summed E-state index contributed by atoms with van der Waals surface area (Å²) in [5.74, 6) is -0.235. The Morgan fingerprint density at radius 2 is 1.22 bits per heavy atom. The standard InChI is InChI=1S/C38H40O2P/c1-3-4-5-6-7-16-27-40-38(39)33-26-24-30-28-32(25-23-31(30)29-33)36-21-14-15-22-37(36)41(2,34-17-10-8-11-18-34)35-19-12-9-13-20-35/h8-15,17-26,28-29H,3-7,16,27H2,1-2H3/q+1. The van der Waals surface area contributed by atoms with Gasteiger partial charge in [0.2, 0.25) is 0 Å². The second-order valence-corrected chi connectivity index (χ2v) is 14.4. The van der Waals surface area contributed by atoms with Crippen LogP contribution in [-0.2, 0) is 4.74 Å². The van der Waals surface area contributed by atoms with Gasteiger partial charge in [-0.05, 0) is 71.3 Å². The molecule has 5 rings (SSSR count). The van der Waals surface area contributed by atoms with Crippen LogP contribution in [0.5, 0.6) is 0 Å². The highest BCUT2D eigenvalue weighted by Gasteiger charge is 2.41. The van der Waals surface area contributed by atoms with Gasteiger partial charge in [0.1, 0.15) is 23.2 Å². The smallest absolute Gasteiger partial charge is 0.338 e. The zero-order valence-electron chi connectivity index (χ0n) is 24.3. The number of esters is 1. The number of unbranched alkanes of at least 4 members (excludes halogenated alkanes) is 5. The molecule has 0 saturated heterocycles. The van der Waals surface area contributed by atoms with E-state index < -0.39 is 7.26 Å². The highest BCUT2D eigenvalue weighted by atomic mass is 31.2. The van der Waals surface area contributed by atoms with Crippen LogP contribution < -0.4 is 15.9 Å². The van der Waals surface area contributed by atoms with Crippen LogP contribution >= 0.6 is 7.26 Å².